The third kappa shape index (κ3) is 4.72. The second-order valence-electron chi connectivity index (χ2n) is 9.10. The zero-order chi connectivity index (χ0) is 22.7. The number of aliphatic hydroxyl groups is 1. The van der Waals surface area contributed by atoms with E-state index >= 15 is 0 Å². The number of benzene rings is 2. The molecule has 32 heavy (non-hydrogen) atoms. The molecule has 0 saturated carbocycles. The van der Waals surface area contributed by atoms with Gasteiger partial charge in [-0.25, -0.2) is 0 Å². The Hall–Kier alpha value is -2.69. The molecular weight excluding hydrogens is 396 g/mol. The predicted molar refractivity (Wildman–Crippen MR) is 129 cm³/mol. The minimum atomic E-state index is -0.809. The molecule has 3 aliphatic rings. The van der Waals surface area contributed by atoms with Gasteiger partial charge in [0.25, 0.3) is 5.91 Å². The fraction of sp³-hybridized carbons (Fsp3) is 0.393. The van der Waals surface area contributed by atoms with Crippen molar-refractivity contribution in [2.24, 2.45) is 0 Å². The van der Waals surface area contributed by atoms with E-state index in [2.05, 4.69) is 56.0 Å². The molecule has 4 nitrogen and oxygen atoms in total. The fourth-order valence-corrected chi connectivity index (χ4v) is 4.77. The first kappa shape index (κ1) is 22.5. The van der Waals surface area contributed by atoms with Crippen molar-refractivity contribution < 1.29 is 9.90 Å². The molecule has 2 aliphatic heterocycles. The van der Waals surface area contributed by atoms with Crippen molar-refractivity contribution in [3.63, 3.8) is 0 Å². The van der Waals surface area contributed by atoms with Gasteiger partial charge in [0.2, 0.25) is 0 Å². The first-order valence-corrected chi connectivity index (χ1v) is 11.7. The van der Waals surface area contributed by atoms with Crippen LogP contribution in [0.4, 0.5) is 0 Å². The minimum absolute atomic E-state index is 0.0670. The molecule has 1 N–H and O–H groups in total. The second-order valence-corrected chi connectivity index (χ2v) is 9.10. The monoisotopic (exact) mass is 430 g/mol. The summed E-state index contributed by atoms with van der Waals surface area (Å²) in [6, 6.07) is 16.1. The highest BCUT2D eigenvalue weighted by molar-refractivity contribution is 5.99. The summed E-state index contributed by atoms with van der Waals surface area (Å²) < 4.78 is 0. The van der Waals surface area contributed by atoms with Crippen LogP contribution in [-0.2, 0) is 12.8 Å². The van der Waals surface area contributed by atoms with Crippen LogP contribution in [0, 0.1) is 0 Å². The van der Waals surface area contributed by atoms with Crippen molar-refractivity contribution in [2.75, 3.05) is 26.2 Å². The molecule has 0 bridgehead atoms. The van der Waals surface area contributed by atoms with Gasteiger partial charge in [-0.2, -0.15) is 0 Å². The molecule has 0 spiro atoms. The Kier molecular flexibility index (Phi) is 6.92. The molecule has 0 aromatic heterocycles. The Morgan fingerprint density at radius 2 is 1.59 bits per heavy atom. The van der Waals surface area contributed by atoms with Gasteiger partial charge in [0.05, 0.1) is 0 Å². The molecule has 1 amide bonds. The molecule has 0 fully saturated rings. The fourth-order valence-electron chi connectivity index (χ4n) is 4.77. The summed E-state index contributed by atoms with van der Waals surface area (Å²) in [6.45, 7) is 10.1. The summed E-state index contributed by atoms with van der Waals surface area (Å²) in [5.74, 6) is -0.0670. The maximum Gasteiger partial charge on any atom is 0.256 e. The van der Waals surface area contributed by atoms with Crippen LogP contribution < -0.4 is 0 Å². The Balaban J connectivity index is 0.000000174. The molecule has 1 unspecified atom stereocenters. The number of allylic oxidation sites excluding steroid dienone is 2. The van der Waals surface area contributed by atoms with Crippen LogP contribution >= 0.6 is 0 Å². The zero-order valence-electron chi connectivity index (χ0n) is 19.5. The largest absolute Gasteiger partial charge is 0.369 e. The van der Waals surface area contributed by atoms with Crippen molar-refractivity contribution in [3.8, 4) is 0 Å². The van der Waals surface area contributed by atoms with Crippen molar-refractivity contribution in [1.29, 1.82) is 0 Å². The Labute approximate surface area is 191 Å². The van der Waals surface area contributed by atoms with E-state index in [0.717, 1.165) is 44.5 Å². The van der Waals surface area contributed by atoms with Crippen molar-refractivity contribution in [3.05, 3.63) is 93.6 Å². The van der Waals surface area contributed by atoms with Gasteiger partial charge < -0.3 is 10.0 Å². The van der Waals surface area contributed by atoms with E-state index in [1.165, 1.54) is 16.7 Å². The summed E-state index contributed by atoms with van der Waals surface area (Å²) in [7, 11) is 0. The lowest BCUT2D eigenvalue weighted by molar-refractivity contribution is 0.0211. The molecular formula is C28H34N2O2. The minimum Gasteiger partial charge on any atom is -0.369 e. The predicted octanol–water partition coefficient (Wildman–Crippen LogP) is 4.91. The number of hydrogen-bond donors (Lipinski definition) is 1. The maximum atomic E-state index is 12.4. The average molecular weight is 431 g/mol. The summed E-state index contributed by atoms with van der Waals surface area (Å²) in [5.41, 5.74) is 8.70. The number of hydrogen-bond acceptors (Lipinski definition) is 3. The molecule has 2 heterocycles. The maximum absolute atomic E-state index is 12.4. The Morgan fingerprint density at radius 1 is 0.969 bits per heavy atom. The highest BCUT2D eigenvalue weighted by atomic mass is 16.3. The van der Waals surface area contributed by atoms with Crippen LogP contribution in [0.5, 0.6) is 0 Å². The van der Waals surface area contributed by atoms with Crippen molar-refractivity contribution in [2.45, 2.75) is 46.3 Å². The molecule has 168 valence electrons. The summed E-state index contributed by atoms with van der Waals surface area (Å²) in [5, 5.41) is 10.3. The number of nitrogens with zero attached hydrogens (tertiary/aromatic N) is 2. The van der Waals surface area contributed by atoms with E-state index in [1.807, 2.05) is 18.2 Å². The summed E-state index contributed by atoms with van der Waals surface area (Å²) >= 11 is 0. The van der Waals surface area contributed by atoms with Gasteiger partial charge >= 0.3 is 0 Å². The Morgan fingerprint density at radius 3 is 2.22 bits per heavy atom. The van der Waals surface area contributed by atoms with E-state index in [9.17, 15) is 9.90 Å². The SMILES string of the molecule is CC1=C(C)Cc2ccccc2C1.CCN1CCC=C(CN2C(=O)c3ccccc3C2O)C1. The highest BCUT2D eigenvalue weighted by Gasteiger charge is 2.35. The van der Waals surface area contributed by atoms with Crippen LogP contribution in [0.1, 0.15) is 60.5 Å². The van der Waals surface area contributed by atoms with E-state index in [0.29, 0.717) is 12.1 Å². The number of likely N-dealkylation sites (N-methyl/N-ethyl adjacent to an activating group) is 1. The second kappa shape index (κ2) is 9.85. The van der Waals surface area contributed by atoms with Crippen molar-refractivity contribution >= 4 is 5.91 Å². The number of aliphatic hydroxyl groups excluding tert-OH is 1. The zero-order valence-corrected chi connectivity index (χ0v) is 19.5. The molecule has 1 atom stereocenters. The van der Waals surface area contributed by atoms with E-state index in [1.54, 1.807) is 22.1 Å². The van der Waals surface area contributed by atoms with Gasteiger partial charge in [0, 0.05) is 30.8 Å². The van der Waals surface area contributed by atoms with Crippen LogP contribution in [0.15, 0.2) is 71.3 Å². The molecule has 2 aromatic rings. The molecule has 0 saturated heterocycles. The third-order valence-corrected chi connectivity index (χ3v) is 6.91. The van der Waals surface area contributed by atoms with Gasteiger partial charge in [-0.1, -0.05) is 66.6 Å². The van der Waals surface area contributed by atoms with Gasteiger partial charge in [-0.15, -0.1) is 0 Å². The molecule has 0 radical (unpaired) electrons. The average Bonchev–Trinajstić information content (AvgIpc) is 3.05. The number of amides is 1. The van der Waals surface area contributed by atoms with Crippen molar-refractivity contribution in [1.82, 2.24) is 9.80 Å². The quantitative estimate of drug-likeness (QED) is 0.704. The summed E-state index contributed by atoms with van der Waals surface area (Å²) in [4.78, 5) is 16.3. The van der Waals surface area contributed by atoms with Gasteiger partial charge in [-0.3, -0.25) is 9.69 Å². The molecule has 1 aliphatic carbocycles. The van der Waals surface area contributed by atoms with E-state index in [-0.39, 0.29) is 5.91 Å². The van der Waals surface area contributed by atoms with E-state index < -0.39 is 6.23 Å². The van der Waals surface area contributed by atoms with E-state index in [4.69, 9.17) is 0 Å². The molecule has 2 aromatic carbocycles. The summed E-state index contributed by atoms with van der Waals surface area (Å²) in [6.07, 6.45) is 4.73. The lowest BCUT2D eigenvalue weighted by Gasteiger charge is -2.29. The Bertz CT molecular complexity index is 1020. The number of fused-ring (bicyclic) bond motifs is 2. The first-order chi connectivity index (χ1) is 15.5. The van der Waals surface area contributed by atoms with Gasteiger partial charge in [-0.05, 0) is 62.4 Å². The lowest BCUT2D eigenvalue weighted by Crippen LogP contribution is -2.36. The van der Waals surface area contributed by atoms with Crippen LogP contribution in [0.3, 0.4) is 0 Å². The number of rotatable bonds is 3. The standard InChI is InChI=1S/C16H20N2O2.C12H14/c1-2-17-9-5-6-12(10-17)11-18-15(19)13-7-3-4-8-14(13)16(18)20;1-9-7-11-5-3-4-6-12(11)8-10(9)2/h3-4,6-8,15,19H,2,5,9-11H2,1H3;3-6H,7-8H2,1-2H3. The highest BCUT2D eigenvalue weighted by Crippen LogP contribution is 2.32. The van der Waals surface area contributed by atoms with Crippen LogP contribution in [0.25, 0.3) is 0 Å². The molecule has 4 heteroatoms. The van der Waals surface area contributed by atoms with Gasteiger partial charge in [0.15, 0.2) is 6.23 Å². The van der Waals surface area contributed by atoms with Crippen LogP contribution in [0.2, 0.25) is 0 Å². The van der Waals surface area contributed by atoms with Gasteiger partial charge in [0.1, 0.15) is 0 Å². The molecule has 5 rings (SSSR count). The lowest BCUT2D eigenvalue weighted by atomic mass is 9.88. The number of carbonyl (C=O) groups is 1. The normalized spacial score (nSPS) is 20.4. The van der Waals surface area contributed by atoms with Crippen LogP contribution in [-0.4, -0.2) is 47.0 Å². The topological polar surface area (TPSA) is 43.8 Å². The number of carbonyl (C=O) groups excluding carboxylic acids is 1. The smallest absolute Gasteiger partial charge is 0.256 e. The third-order valence-electron chi connectivity index (χ3n) is 6.91. The first-order valence-electron chi connectivity index (χ1n) is 11.7.